The standard InChI is InChI=1S/C24H24ClF3N6O2S/c1-13(8-18(35)20-15(21(29)32-12-31-20)11-34-6-2-3-7-34)23-30-10-19(37-23)22(36)33-14-4-5-17(25)16(9-14)24(26,27)28/h4-5,9-10,12-13H,2-3,6-8,11H2,1H3,(H,33,36)(H2,29,31,32). The van der Waals surface area contributed by atoms with E-state index in [9.17, 15) is 22.8 Å². The first kappa shape index (κ1) is 27.0. The Bertz CT molecular complexity index is 1310. The minimum atomic E-state index is -4.65. The molecule has 8 nitrogen and oxygen atoms in total. The molecule has 196 valence electrons. The number of likely N-dealkylation sites (tertiary alicyclic amines) is 1. The van der Waals surface area contributed by atoms with Crippen molar-refractivity contribution in [2.45, 2.75) is 44.8 Å². The quantitative estimate of drug-likeness (QED) is 0.359. The van der Waals surface area contributed by atoms with E-state index in [1.807, 2.05) is 0 Å². The normalized spacial score (nSPS) is 15.1. The Labute approximate surface area is 220 Å². The minimum absolute atomic E-state index is 0.0493. The number of thiazole rings is 1. The van der Waals surface area contributed by atoms with Gasteiger partial charge in [0.15, 0.2) is 5.78 Å². The van der Waals surface area contributed by atoms with E-state index in [4.69, 9.17) is 17.3 Å². The molecule has 3 N–H and O–H groups in total. The van der Waals surface area contributed by atoms with Crippen LogP contribution in [0.4, 0.5) is 24.7 Å². The highest BCUT2D eigenvalue weighted by molar-refractivity contribution is 7.13. The number of rotatable bonds is 8. The predicted molar refractivity (Wildman–Crippen MR) is 135 cm³/mol. The molecule has 0 saturated carbocycles. The molecule has 1 fully saturated rings. The summed E-state index contributed by atoms with van der Waals surface area (Å²) < 4.78 is 39.3. The van der Waals surface area contributed by atoms with E-state index in [1.165, 1.54) is 18.6 Å². The molecule has 1 amide bonds. The van der Waals surface area contributed by atoms with Gasteiger partial charge in [0.05, 0.1) is 21.8 Å². The zero-order chi connectivity index (χ0) is 26.7. The second kappa shape index (κ2) is 11.1. The van der Waals surface area contributed by atoms with Gasteiger partial charge in [-0.05, 0) is 44.1 Å². The molecule has 1 aromatic carbocycles. The van der Waals surface area contributed by atoms with Gasteiger partial charge in [0, 0.05) is 30.1 Å². The minimum Gasteiger partial charge on any atom is -0.383 e. The fourth-order valence-electron chi connectivity index (χ4n) is 4.08. The third-order valence-electron chi connectivity index (χ3n) is 6.01. The maximum Gasteiger partial charge on any atom is 0.417 e. The number of Topliss-reactive ketones (excluding diaryl/α,β-unsaturated/α-hetero) is 1. The highest BCUT2D eigenvalue weighted by Gasteiger charge is 2.33. The van der Waals surface area contributed by atoms with Crippen molar-refractivity contribution in [3.63, 3.8) is 0 Å². The highest BCUT2D eigenvalue weighted by Crippen LogP contribution is 2.36. The van der Waals surface area contributed by atoms with E-state index in [0.717, 1.165) is 49.4 Å². The molecule has 1 atom stereocenters. The lowest BCUT2D eigenvalue weighted by Gasteiger charge is -2.18. The van der Waals surface area contributed by atoms with Crippen molar-refractivity contribution in [1.82, 2.24) is 19.9 Å². The van der Waals surface area contributed by atoms with Crippen molar-refractivity contribution >= 4 is 46.1 Å². The number of nitrogens with two attached hydrogens (primary N) is 1. The Balaban J connectivity index is 1.44. The number of hydrogen-bond acceptors (Lipinski definition) is 8. The number of nitrogens with zero attached hydrogens (tertiary/aromatic N) is 4. The summed E-state index contributed by atoms with van der Waals surface area (Å²) in [7, 11) is 0. The molecule has 1 unspecified atom stereocenters. The summed E-state index contributed by atoms with van der Waals surface area (Å²) in [4.78, 5) is 40.7. The van der Waals surface area contributed by atoms with Crippen LogP contribution in [0.2, 0.25) is 5.02 Å². The zero-order valence-electron chi connectivity index (χ0n) is 19.8. The average Bonchev–Trinajstić information content (AvgIpc) is 3.53. The molecule has 3 aromatic rings. The summed E-state index contributed by atoms with van der Waals surface area (Å²) in [5.41, 5.74) is 5.87. The molecule has 0 radical (unpaired) electrons. The molecule has 3 heterocycles. The summed E-state index contributed by atoms with van der Waals surface area (Å²) in [6.45, 7) is 4.16. The first-order valence-corrected chi connectivity index (χ1v) is 12.7. The molecule has 1 aliphatic rings. The van der Waals surface area contributed by atoms with Gasteiger partial charge in [-0.1, -0.05) is 18.5 Å². The van der Waals surface area contributed by atoms with Gasteiger partial charge in [-0.2, -0.15) is 13.2 Å². The largest absolute Gasteiger partial charge is 0.417 e. The van der Waals surface area contributed by atoms with Gasteiger partial charge in [0.2, 0.25) is 0 Å². The third kappa shape index (κ3) is 6.43. The fourth-order valence-corrected chi connectivity index (χ4v) is 5.17. The van der Waals surface area contributed by atoms with E-state index in [-0.39, 0.29) is 40.2 Å². The van der Waals surface area contributed by atoms with Crippen LogP contribution < -0.4 is 11.1 Å². The first-order chi connectivity index (χ1) is 17.5. The number of hydrogen-bond donors (Lipinski definition) is 2. The number of nitrogens with one attached hydrogen (secondary N) is 1. The Morgan fingerprint density at radius 2 is 1.95 bits per heavy atom. The van der Waals surface area contributed by atoms with Gasteiger partial charge >= 0.3 is 6.18 Å². The summed E-state index contributed by atoms with van der Waals surface area (Å²) in [6, 6.07) is 3.13. The van der Waals surface area contributed by atoms with Gasteiger partial charge in [0.1, 0.15) is 22.7 Å². The Morgan fingerprint density at radius 1 is 1.22 bits per heavy atom. The summed E-state index contributed by atoms with van der Waals surface area (Å²) in [6.07, 6.45) is 0.223. The van der Waals surface area contributed by atoms with E-state index >= 15 is 0 Å². The lowest BCUT2D eigenvalue weighted by Crippen LogP contribution is -2.23. The topological polar surface area (TPSA) is 114 Å². The number of benzene rings is 1. The van der Waals surface area contributed by atoms with E-state index in [0.29, 0.717) is 17.1 Å². The number of carbonyl (C=O) groups excluding carboxylic acids is 2. The van der Waals surface area contributed by atoms with Crippen LogP contribution >= 0.6 is 22.9 Å². The van der Waals surface area contributed by atoms with Gasteiger partial charge < -0.3 is 11.1 Å². The van der Waals surface area contributed by atoms with Gasteiger partial charge in [-0.25, -0.2) is 15.0 Å². The number of halogens is 4. The molecule has 0 bridgehead atoms. The number of nitrogen functional groups attached to an aromatic ring is 1. The Hall–Kier alpha value is -3.09. The van der Waals surface area contributed by atoms with E-state index in [2.05, 4.69) is 25.2 Å². The van der Waals surface area contributed by atoms with Crippen molar-refractivity contribution in [3.8, 4) is 0 Å². The van der Waals surface area contributed by atoms with E-state index in [1.54, 1.807) is 6.92 Å². The van der Waals surface area contributed by atoms with Crippen LogP contribution in [0.3, 0.4) is 0 Å². The number of carbonyl (C=O) groups is 2. The molecule has 37 heavy (non-hydrogen) atoms. The molecule has 4 rings (SSSR count). The van der Waals surface area contributed by atoms with Crippen LogP contribution in [0.5, 0.6) is 0 Å². The molecule has 13 heteroatoms. The number of ketones is 1. The smallest absolute Gasteiger partial charge is 0.383 e. The number of aromatic nitrogens is 3. The van der Waals surface area contributed by atoms with Crippen molar-refractivity contribution in [2.24, 2.45) is 0 Å². The maximum absolute atomic E-state index is 13.1. The van der Waals surface area contributed by atoms with E-state index < -0.39 is 22.7 Å². The van der Waals surface area contributed by atoms with Crippen LogP contribution in [-0.4, -0.2) is 44.6 Å². The van der Waals surface area contributed by atoms with Gasteiger partial charge in [0.25, 0.3) is 5.91 Å². The predicted octanol–water partition coefficient (Wildman–Crippen LogP) is 5.41. The number of alkyl halides is 3. The lowest BCUT2D eigenvalue weighted by atomic mass is 10.0. The number of anilines is 2. The molecule has 1 aliphatic heterocycles. The molecule has 1 saturated heterocycles. The molecule has 0 spiro atoms. The lowest BCUT2D eigenvalue weighted by molar-refractivity contribution is -0.137. The first-order valence-electron chi connectivity index (χ1n) is 11.5. The van der Waals surface area contributed by atoms with Crippen LogP contribution in [0, 0.1) is 0 Å². The monoisotopic (exact) mass is 552 g/mol. The highest BCUT2D eigenvalue weighted by atomic mass is 35.5. The summed E-state index contributed by atoms with van der Waals surface area (Å²) >= 11 is 6.70. The Morgan fingerprint density at radius 3 is 2.65 bits per heavy atom. The van der Waals surface area contributed by atoms with Crippen molar-refractivity contribution < 1.29 is 22.8 Å². The zero-order valence-corrected chi connectivity index (χ0v) is 21.4. The van der Waals surface area contributed by atoms with Crippen molar-refractivity contribution in [3.05, 3.63) is 62.5 Å². The average molecular weight is 553 g/mol. The molecular weight excluding hydrogens is 529 g/mol. The maximum atomic E-state index is 13.1. The second-order valence-corrected chi connectivity index (χ2v) is 10.3. The van der Waals surface area contributed by atoms with Crippen LogP contribution in [0.15, 0.2) is 30.7 Å². The molecule has 0 aliphatic carbocycles. The third-order valence-corrected chi connectivity index (χ3v) is 7.57. The molecular formula is C24H24ClF3N6O2S. The summed E-state index contributed by atoms with van der Waals surface area (Å²) in [5.74, 6) is -0.878. The van der Waals surface area contributed by atoms with Crippen LogP contribution in [0.25, 0.3) is 0 Å². The summed E-state index contributed by atoms with van der Waals surface area (Å²) in [5, 5.41) is 2.51. The van der Waals surface area contributed by atoms with Crippen LogP contribution in [0.1, 0.15) is 68.4 Å². The second-order valence-electron chi connectivity index (χ2n) is 8.81. The number of amides is 1. The van der Waals surface area contributed by atoms with Crippen LogP contribution in [-0.2, 0) is 12.7 Å². The fraction of sp³-hybridized carbons (Fsp3) is 0.375. The van der Waals surface area contributed by atoms with Gasteiger partial charge in [-0.3, -0.25) is 14.5 Å². The van der Waals surface area contributed by atoms with Gasteiger partial charge in [-0.15, -0.1) is 11.3 Å². The van der Waals surface area contributed by atoms with Crippen molar-refractivity contribution in [2.75, 3.05) is 24.1 Å². The Kier molecular flexibility index (Phi) is 8.10. The molecule has 2 aromatic heterocycles. The SMILES string of the molecule is CC(CC(=O)c1ncnc(N)c1CN1CCCC1)c1ncc(C(=O)Nc2ccc(Cl)c(C(F)(F)F)c2)s1. The van der Waals surface area contributed by atoms with Crippen molar-refractivity contribution in [1.29, 1.82) is 0 Å².